The highest BCUT2D eigenvalue weighted by Crippen LogP contribution is 2.14. The first-order chi connectivity index (χ1) is 10.1. The number of H-pyrrole nitrogens is 1. The van der Waals surface area contributed by atoms with Gasteiger partial charge in [-0.05, 0) is 48.9 Å². The van der Waals surface area contributed by atoms with E-state index in [2.05, 4.69) is 29.4 Å². The second-order valence-electron chi connectivity index (χ2n) is 5.66. The molecule has 0 bridgehead atoms. The van der Waals surface area contributed by atoms with Crippen LogP contribution in [0.4, 0.5) is 0 Å². The minimum Gasteiger partial charge on any atom is -0.352 e. The summed E-state index contributed by atoms with van der Waals surface area (Å²) in [4.78, 5) is 12.0. The molecule has 21 heavy (non-hydrogen) atoms. The molecule has 0 radical (unpaired) electrons. The van der Waals surface area contributed by atoms with Crippen molar-refractivity contribution in [3.05, 3.63) is 52.8 Å². The maximum absolute atomic E-state index is 12.0. The molecule has 0 saturated heterocycles. The van der Waals surface area contributed by atoms with Gasteiger partial charge in [-0.25, -0.2) is 0 Å². The van der Waals surface area contributed by atoms with E-state index < -0.39 is 0 Å². The molecule has 2 aromatic rings. The first-order valence-corrected chi connectivity index (χ1v) is 7.45. The fourth-order valence-corrected chi connectivity index (χ4v) is 2.23. The van der Waals surface area contributed by atoms with Gasteiger partial charge < -0.3 is 5.32 Å². The average Bonchev–Trinajstić information content (AvgIpc) is 2.89. The average molecular weight is 285 g/mol. The fourth-order valence-electron chi connectivity index (χ4n) is 2.23. The summed E-state index contributed by atoms with van der Waals surface area (Å²) in [6.07, 6.45) is 3.69. The SMILES string of the molecule is Cc1[nH]ncc1CCCNC(=O)c1ccc(C(C)C)cc1. The van der Waals surface area contributed by atoms with Gasteiger partial charge in [0.1, 0.15) is 0 Å². The van der Waals surface area contributed by atoms with Crippen molar-refractivity contribution in [1.29, 1.82) is 0 Å². The van der Waals surface area contributed by atoms with Crippen LogP contribution >= 0.6 is 0 Å². The van der Waals surface area contributed by atoms with Crippen LogP contribution in [-0.2, 0) is 6.42 Å². The van der Waals surface area contributed by atoms with E-state index in [4.69, 9.17) is 0 Å². The van der Waals surface area contributed by atoms with Crippen molar-refractivity contribution in [3.63, 3.8) is 0 Å². The number of aryl methyl sites for hydroxylation is 2. The maximum Gasteiger partial charge on any atom is 0.251 e. The molecule has 1 aromatic heterocycles. The minimum atomic E-state index is -0.00535. The summed E-state index contributed by atoms with van der Waals surface area (Å²) < 4.78 is 0. The lowest BCUT2D eigenvalue weighted by Crippen LogP contribution is -2.24. The number of benzene rings is 1. The second-order valence-corrected chi connectivity index (χ2v) is 5.66. The third-order valence-corrected chi connectivity index (χ3v) is 3.68. The molecule has 0 saturated carbocycles. The number of aromatic nitrogens is 2. The Balaban J connectivity index is 1.78. The highest BCUT2D eigenvalue weighted by atomic mass is 16.1. The van der Waals surface area contributed by atoms with Crippen LogP contribution in [0.15, 0.2) is 30.5 Å². The molecule has 0 aliphatic heterocycles. The largest absolute Gasteiger partial charge is 0.352 e. The molecule has 0 atom stereocenters. The molecule has 2 N–H and O–H groups in total. The number of rotatable bonds is 6. The Bertz CT molecular complexity index is 584. The Kier molecular flexibility index (Phi) is 5.14. The second kappa shape index (κ2) is 7.07. The summed E-state index contributed by atoms with van der Waals surface area (Å²) in [7, 11) is 0. The fraction of sp³-hybridized carbons (Fsp3) is 0.412. The summed E-state index contributed by atoms with van der Waals surface area (Å²) >= 11 is 0. The Morgan fingerprint density at radius 2 is 2.00 bits per heavy atom. The third kappa shape index (κ3) is 4.18. The van der Waals surface area contributed by atoms with Crippen molar-refractivity contribution in [2.24, 2.45) is 0 Å². The number of hydrogen-bond acceptors (Lipinski definition) is 2. The van der Waals surface area contributed by atoms with Crippen molar-refractivity contribution in [3.8, 4) is 0 Å². The van der Waals surface area contributed by atoms with Crippen LogP contribution < -0.4 is 5.32 Å². The molecule has 112 valence electrons. The third-order valence-electron chi connectivity index (χ3n) is 3.68. The first kappa shape index (κ1) is 15.3. The normalized spacial score (nSPS) is 10.9. The van der Waals surface area contributed by atoms with Gasteiger partial charge in [0.05, 0.1) is 6.20 Å². The van der Waals surface area contributed by atoms with Gasteiger partial charge in [-0.3, -0.25) is 9.89 Å². The Morgan fingerprint density at radius 1 is 1.29 bits per heavy atom. The van der Waals surface area contributed by atoms with E-state index in [0.29, 0.717) is 12.5 Å². The lowest BCUT2D eigenvalue weighted by atomic mass is 10.0. The van der Waals surface area contributed by atoms with Crippen LogP contribution in [0.2, 0.25) is 0 Å². The standard InChI is InChI=1S/C17H23N3O/c1-12(2)14-6-8-15(9-7-14)17(21)18-10-4-5-16-11-19-20-13(16)3/h6-9,11-12H,4-5,10H2,1-3H3,(H,18,21)(H,19,20). The van der Waals surface area contributed by atoms with Crippen LogP contribution in [0.25, 0.3) is 0 Å². The topological polar surface area (TPSA) is 57.8 Å². The number of carbonyl (C=O) groups excluding carboxylic acids is 1. The molecular formula is C17H23N3O. The molecule has 0 unspecified atom stereocenters. The van der Waals surface area contributed by atoms with Crippen molar-refractivity contribution >= 4 is 5.91 Å². The van der Waals surface area contributed by atoms with Crippen molar-refractivity contribution < 1.29 is 4.79 Å². The number of nitrogens with zero attached hydrogens (tertiary/aromatic N) is 1. The molecule has 4 nitrogen and oxygen atoms in total. The smallest absolute Gasteiger partial charge is 0.251 e. The summed E-state index contributed by atoms with van der Waals surface area (Å²) in [6, 6.07) is 7.83. The highest BCUT2D eigenvalue weighted by Gasteiger charge is 2.06. The van der Waals surface area contributed by atoms with E-state index in [9.17, 15) is 4.79 Å². The van der Waals surface area contributed by atoms with Crippen LogP contribution in [0.1, 0.15) is 53.4 Å². The Labute approximate surface area is 126 Å². The summed E-state index contributed by atoms with van der Waals surface area (Å²) in [5, 5.41) is 9.87. The van der Waals surface area contributed by atoms with Gasteiger partial charge in [-0.15, -0.1) is 0 Å². The van der Waals surface area contributed by atoms with E-state index in [1.165, 1.54) is 11.1 Å². The Morgan fingerprint density at radius 3 is 2.57 bits per heavy atom. The summed E-state index contributed by atoms with van der Waals surface area (Å²) in [5.74, 6) is 0.481. The van der Waals surface area contributed by atoms with Gasteiger partial charge in [0, 0.05) is 17.8 Å². The van der Waals surface area contributed by atoms with Crippen LogP contribution in [-0.4, -0.2) is 22.6 Å². The van der Waals surface area contributed by atoms with E-state index in [1.54, 1.807) is 0 Å². The molecule has 1 amide bonds. The molecular weight excluding hydrogens is 262 g/mol. The number of nitrogens with one attached hydrogen (secondary N) is 2. The minimum absolute atomic E-state index is 0.00535. The zero-order valence-electron chi connectivity index (χ0n) is 12.9. The molecule has 4 heteroatoms. The molecule has 0 fully saturated rings. The predicted octanol–water partition coefficient (Wildman–Crippen LogP) is 3.20. The number of carbonyl (C=O) groups is 1. The van der Waals surface area contributed by atoms with E-state index in [-0.39, 0.29) is 5.91 Å². The lowest BCUT2D eigenvalue weighted by Gasteiger charge is -2.08. The van der Waals surface area contributed by atoms with Crippen molar-refractivity contribution in [2.45, 2.75) is 39.5 Å². The zero-order valence-corrected chi connectivity index (χ0v) is 12.9. The van der Waals surface area contributed by atoms with Gasteiger partial charge in [0.2, 0.25) is 0 Å². The van der Waals surface area contributed by atoms with Gasteiger partial charge >= 0.3 is 0 Å². The Hall–Kier alpha value is -2.10. The molecule has 0 aliphatic carbocycles. The maximum atomic E-state index is 12.0. The molecule has 1 heterocycles. The van der Waals surface area contributed by atoms with Crippen molar-refractivity contribution in [2.75, 3.05) is 6.54 Å². The van der Waals surface area contributed by atoms with Gasteiger partial charge in [-0.2, -0.15) is 5.10 Å². The first-order valence-electron chi connectivity index (χ1n) is 7.45. The van der Waals surface area contributed by atoms with E-state index >= 15 is 0 Å². The van der Waals surface area contributed by atoms with Crippen LogP contribution in [0, 0.1) is 6.92 Å². The predicted molar refractivity (Wildman–Crippen MR) is 84.5 cm³/mol. The number of amides is 1. The van der Waals surface area contributed by atoms with Crippen LogP contribution in [0.5, 0.6) is 0 Å². The summed E-state index contributed by atoms with van der Waals surface area (Å²) in [6.45, 7) is 6.98. The quantitative estimate of drug-likeness (QED) is 0.801. The number of aromatic amines is 1. The van der Waals surface area contributed by atoms with E-state index in [1.807, 2.05) is 37.4 Å². The van der Waals surface area contributed by atoms with Gasteiger partial charge in [-0.1, -0.05) is 26.0 Å². The van der Waals surface area contributed by atoms with Crippen molar-refractivity contribution in [1.82, 2.24) is 15.5 Å². The number of hydrogen-bond donors (Lipinski definition) is 2. The monoisotopic (exact) mass is 285 g/mol. The summed E-state index contributed by atoms with van der Waals surface area (Å²) in [5.41, 5.74) is 4.29. The molecule has 0 aliphatic rings. The highest BCUT2D eigenvalue weighted by molar-refractivity contribution is 5.94. The zero-order chi connectivity index (χ0) is 15.2. The molecule has 2 rings (SSSR count). The molecule has 0 spiro atoms. The van der Waals surface area contributed by atoms with Crippen LogP contribution in [0.3, 0.4) is 0 Å². The lowest BCUT2D eigenvalue weighted by molar-refractivity contribution is 0.0953. The van der Waals surface area contributed by atoms with Gasteiger partial charge in [0.25, 0.3) is 5.91 Å². The molecule has 1 aromatic carbocycles. The van der Waals surface area contributed by atoms with E-state index in [0.717, 1.165) is 24.1 Å². The van der Waals surface area contributed by atoms with Gasteiger partial charge in [0.15, 0.2) is 0 Å².